The van der Waals surface area contributed by atoms with Crippen molar-refractivity contribution in [2.24, 2.45) is 0 Å². The minimum atomic E-state index is -1.37. The van der Waals surface area contributed by atoms with E-state index in [0.717, 1.165) is 22.3 Å². The van der Waals surface area contributed by atoms with Gasteiger partial charge < -0.3 is 34.5 Å². The quantitative estimate of drug-likeness (QED) is 0.126. The number of hydrogen-bond acceptors (Lipinski definition) is 9. The van der Waals surface area contributed by atoms with Crippen LogP contribution in [0.5, 0.6) is 5.75 Å². The van der Waals surface area contributed by atoms with Gasteiger partial charge in [-0.05, 0) is 69.0 Å². The predicted octanol–water partition coefficient (Wildman–Crippen LogP) is 6.79. The van der Waals surface area contributed by atoms with Gasteiger partial charge in [0.25, 0.3) is 0 Å². The summed E-state index contributed by atoms with van der Waals surface area (Å²) in [5.74, 6) is -2.68. The fourth-order valence-electron chi connectivity index (χ4n) is 6.74. The summed E-state index contributed by atoms with van der Waals surface area (Å²) in [6.45, 7) is 4.93. The van der Waals surface area contributed by atoms with Crippen molar-refractivity contribution in [3.05, 3.63) is 155 Å². The number of para-hydroxylation sites is 1. The van der Waals surface area contributed by atoms with Crippen LogP contribution in [0.1, 0.15) is 72.6 Å². The molecule has 0 bridgehead atoms. The molecule has 1 heterocycles. The number of rotatable bonds is 13. The molecule has 4 unspecified atom stereocenters. The third-order valence-electron chi connectivity index (χ3n) is 9.37. The van der Waals surface area contributed by atoms with Gasteiger partial charge >= 0.3 is 11.9 Å². The predicted molar refractivity (Wildman–Crippen MR) is 207 cm³/mol. The molecule has 2 aliphatic rings. The van der Waals surface area contributed by atoms with Crippen LogP contribution in [0.3, 0.4) is 0 Å². The first-order chi connectivity index (χ1) is 26.4. The molecule has 1 fully saturated rings. The number of carbonyl (C=O) groups excluding carboxylic acids is 3. The molecule has 1 aliphatic carbocycles. The summed E-state index contributed by atoms with van der Waals surface area (Å²) in [6.07, 6.45) is 3.62. The summed E-state index contributed by atoms with van der Waals surface area (Å²) in [4.78, 5) is 40.1. The highest BCUT2D eigenvalue weighted by atomic mass is 16.8. The Kier molecular flexibility index (Phi) is 12.3. The maximum atomic E-state index is 13.9. The molecule has 1 saturated heterocycles. The highest BCUT2D eigenvalue weighted by Crippen LogP contribution is 2.47. The van der Waals surface area contributed by atoms with Gasteiger partial charge in [0.1, 0.15) is 29.7 Å². The fraction of sp³-hybridized carbons (Fsp3) is 0.311. The van der Waals surface area contributed by atoms with Gasteiger partial charge in [0.2, 0.25) is 11.7 Å². The Labute approximate surface area is 321 Å². The molecule has 0 saturated carbocycles. The van der Waals surface area contributed by atoms with Crippen molar-refractivity contribution in [2.45, 2.75) is 82.2 Å². The van der Waals surface area contributed by atoms with Gasteiger partial charge in [-0.15, -0.1) is 0 Å². The summed E-state index contributed by atoms with van der Waals surface area (Å²) in [6, 6.07) is 32.3. The molecular weight excluding hydrogens is 698 g/mol. The van der Waals surface area contributed by atoms with E-state index in [1.807, 2.05) is 91.0 Å². The van der Waals surface area contributed by atoms with Crippen molar-refractivity contribution >= 4 is 23.9 Å². The average molecular weight is 746 g/mol. The van der Waals surface area contributed by atoms with Gasteiger partial charge in [-0.1, -0.05) is 103 Å². The van der Waals surface area contributed by atoms with Crippen LogP contribution in [0.25, 0.3) is 6.08 Å². The maximum absolute atomic E-state index is 13.9. The van der Waals surface area contributed by atoms with E-state index in [9.17, 15) is 24.6 Å². The van der Waals surface area contributed by atoms with Gasteiger partial charge in [-0.2, -0.15) is 0 Å². The number of fused-ring (bicyclic) bond motifs is 1. The van der Waals surface area contributed by atoms with E-state index < -0.39 is 60.2 Å². The number of phenolic OH excluding ortho intramolecular Hbond substituents is 1. The minimum Gasteiger partial charge on any atom is -0.508 e. The van der Waals surface area contributed by atoms with E-state index in [1.165, 1.54) is 0 Å². The van der Waals surface area contributed by atoms with Crippen molar-refractivity contribution in [2.75, 3.05) is 6.61 Å². The van der Waals surface area contributed by atoms with Crippen molar-refractivity contribution in [3.63, 3.8) is 0 Å². The van der Waals surface area contributed by atoms with Crippen LogP contribution >= 0.6 is 0 Å². The first-order valence-corrected chi connectivity index (χ1v) is 18.5. The Morgan fingerprint density at radius 3 is 2.24 bits per heavy atom. The molecule has 4 aromatic rings. The lowest BCUT2D eigenvalue weighted by Crippen LogP contribution is -2.45. The lowest BCUT2D eigenvalue weighted by Gasteiger charge is -2.31. The summed E-state index contributed by atoms with van der Waals surface area (Å²) >= 11 is 0. The lowest BCUT2D eigenvalue weighted by atomic mass is 9.91. The molecule has 4 aromatic carbocycles. The second-order valence-corrected chi connectivity index (χ2v) is 14.7. The first kappa shape index (κ1) is 39.2. The smallest absolute Gasteiger partial charge is 0.338 e. The molecule has 1 amide bonds. The Morgan fingerprint density at radius 2 is 1.58 bits per heavy atom. The van der Waals surface area contributed by atoms with Gasteiger partial charge in [0.05, 0.1) is 18.2 Å². The molecule has 6 rings (SSSR count). The van der Waals surface area contributed by atoms with E-state index in [1.54, 1.807) is 57.2 Å². The number of aliphatic hydroxyl groups excluding tert-OH is 1. The van der Waals surface area contributed by atoms with Crippen molar-refractivity contribution in [1.82, 2.24) is 5.32 Å². The molecular formula is C45H47NO9. The monoisotopic (exact) mass is 745 g/mol. The molecule has 10 heteroatoms. The lowest BCUT2D eigenvalue weighted by molar-refractivity contribution is -0.157. The zero-order chi connectivity index (χ0) is 39.0. The Morgan fingerprint density at radius 1 is 0.909 bits per heavy atom. The van der Waals surface area contributed by atoms with Crippen molar-refractivity contribution in [1.29, 1.82) is 0 Å². The molecule has 286 valence electrons. The zero-order valence-electron chi connectivity index (χ0n) is 31.2. The highest BCUT2D eigenvalue weighted by Gasteiger charge is 2.55. The molecule has 0 aromatic heterocycles. The van der Waals surface area contributed by atoms with Crippen LogP contribution in [0, 0.1) is 0 Å². The normalized spacial score (nSPS) is 19.6. The van der Waals surface area contributed by atoms with Crippen molar-refractivity contribution in [3.8, 4) is 5.75 Å². The third-order valence-corrected chi connectivity index (χ3v) is 9.37. The largest absolute Gasteiger partial charge is 0.508 e. The van der Waals surface area contributed by atoms with E-state index in [4.69, 9.17) is 18.9 Å². The molecule has 4 atom stereocenters. The Hall–Kier alpha value is -5.55. The fourth-order valence-corrected chi connectivity index (χ4v) is 6.74. The number of amides is 1. The highest BCUT2D eigenvalue weighted by molar-refractivity contribution is 5.94. The zero-order valence-corrected chi connectivity index (χ0v) is 31.2. The van der Waals surface area contributed by atoms with Crippen LogP contribution in [0.2, 0.25) is 0 Å². The number of allylic oxidation sites excluding steroid dienone is 1. The number of aliphatic hydroxyl groups is 1. The van der Waals surface area contributed by atoms with Crippen LogP contribution in [-0.4, -0.2) is 64.6 Å². The Bertz CT molecular complexity index is 1980. The van der Waals surface area contributed by atoms with Crippen LogP contribution in [0.4, 0.5) is 0 Å². The molecule has 0 spiro atoms. The van der Waals surface area contributed by atoms with Crippen LogP contribution in [0.15, 0.2) is 127 Å². The van der Waals surface area contributed by atoms with Gasteiger partial charge in [-0.3, -0.25) is 9.59 Å². The SMILES string of the molecule is CC(C)(C)OC(=O)CCC(CO)NC(=O)C1=CC2OC(c3ccccc3)(c3ccccc3)OC2C(OC(=O)c2cccc(C=CCc3ccccc3O)c2)C1. The third kappa shape index (κ3) is 9.77. The van der Waals surface area contributed by atoms with E-state index >= 15 is 0 Å². The summed E-state index contributed by atoms with van der Waals surface area (Å²) in [5.41, 5.74) is 2.94. The second-order valence-electron chi connectivity index (χ2n) is 14.7. The number of hydrogen-bond donors (Lipinski definition) is 3. The van der Waals surface area contributed by atoms with E-state index in [0.29, 0.717) is 12.0 Å². The minimum absolute atomic E-state index is 0.00334. The Balaban J connectivity index is 1.25. The summed E-state index contributed by atoms with van der Waals surface area (Å²) in [7, 11) is 0. The van der Waals surface area contributed by atoms with Crippen LogP contribution < -0.4 is 5.32 Å². The number of nitrogens with one attached hydrogen (secondary N) is 1. The van der Waals surface area contributed by atoms with Crippen LogP contribution in [-0.2, 0) is 40.7 Å². The standard InChI is InChI=1S/C45H47NO9/c1-44(2,3)54-40(49)25-24-36(29-47)46-42(50)33-27-38(52-43(51)32-18-13-15-30(26-32)14-12-17-31-16-10-11-23-37(31)48)41-39(28-33)53-45(55-41,34-19-6-4-7-20-34)35-21-8-5-9-22-35/h4-16,18-23,26,28,36,38-39,41,47-48H,17,24-25,27,29H2,1-3H3,(H,46,50). The van der Waals surface area contributed by atoms with Gasteiger partial charge in [0, 0.05) is 29.5 Å². The van der Waals surface area contributed by atoms with Gasteiger partial charge in [0.15, 0.2) is 0 Å². The molecule has 0 radical (unpaired) electrons. The second kappa shape index (κ2) is 17.3. The summed E-state index contributed by atoms with van der Waals surface area (Å²) in [5, 5.41) is 23.1. The number of aromatic hydroxyl groups is 1. The summed E-state index contributed by atoms with van der Waals surface area (Å²) < 4.78 is 25.2. The molecule has 55 heavy (non-hydrogen) atoms. The van der Waals surface area contributed by atoms with Gasteiger partial charge in [-0.25, -0.2) is 4.79 Å². The number of benzene rings is 4. The number of phenols is 1. The molecule has 1 aliphatic heterocycles. The number of esters is 2. The van der Waals surface area contributed by atoms with E-state index in [-0.39, 0.29) is 30.6 Å². The number of ether oxygens (including phenoxy) is 4. The molecule has 10 nitrogen and oxygen atoms in total. The first-order valence-electron chi connectivity index (χ1n) is 18.5. The molecule has 3 N–H and O–H groups in total. The van der Waals surface area contributed by atoms with E-state index in [2.05, 4.69) is 5.32 Å². The average Bonchev–Trinajstić information content (AvgIpc) is 3.59. The number of carbonyl (C=O) groups is 3. The topological polar surface area (TPSA) is 141 Å². The maximum Gasteiger partial charge on any atom is 0.338 e. The van der Waals surface area contributed by atoms with Crippen molar-refractivity contribution < 1.29 is 43.5 Å².